The zero-order chi connectivity index (χ0) is 23.8. The summed E-state index contributed by atoms with van der Waals surface area (Å²) in [4.78, 5) is 13.1. The summed E-state index contributed by atoms with van der Waals surface area (Å²) in [5.74, 6) is 1.03. The van der Waals surface area contributed by atoms with Gasteiger partial charge in [-0.25, -0.2) is 8.42 Å². The Labute approximate surface area is 193 Å². The van der Waals surface area contributed by atoms with Crippen molar-refractivity contribution in [3.63, 3.8) is 0 Å². The summed E-state index contributed by atoms with van der Waals surface area (Å²) in [5.41, 5.74) is 3.51. The second kappa shape index (κ2) is 8.78. The predicted octanol–water partition coefficient (Wildman–Crippen LogP) is 3.20. The van der Waals surface area contributed by atoms with E-state index in [0.717, 1.165) is 5.56 Å². The van der Waals surface area contributed by atoms with Gasteiger partial charge < -0.3 is 14.8 Å². The Kier molecular flexibility index (Phi) is 6.03. The van der Waals surface area contributed by atoms with E-state index in [-0.39, 0.29) is 11.7 Å². The highest BCUT2D eigenvalue weighted by Crippen LogP contribution is 2.33. The summed E-state index contributed by atoms with van der Waals surface area (Å²) in [7, 11) is 1.52. The van der Waals surface area contributed by atoms with Gasteiger partial charge in [-0.1, -0.05) is 6.07 Å². The Hall–Kier alpha value is -3.53. The molecule has 1 saturated heterocycles. The smallest absolute Gasteiger partial charge is 0.273 e. The Morgan fingerprint density at radius 3 is 2.55 bits per heavy atom. The van der Waals surface area contributed by atoms with Gasteiger partial charge in [-0.15, -0.1) is 0 Å². The molecule has 33 heavy (non-hydrogen) atoms. The van der Waals surface area contributed by atoms with Crippen LogP contribution >= 0.6 is 0 Å². The first kappa shape index (κ1) is 22.7. The first-order chi connectivity index (χ1) is 15.7. The monoisotopic (exact) mass is 470 g/mol. The molecule has 174 valence electrons. The van der Waals surface area contributed by atoms with Gasteiger partial charge >= 0.3 is 0 Å². The minimum absolute atomic E-state index is 0.133. The van der Waals surface area contributed by atoms with Gasteiger partial charge in [0.1, 0.15) is 17.2 Å². The average Bonchev–Trinajstić information content (AvgIpc) is 3.36. The number of anilines is 2. The quantitative estimate of drug-likeness (QED) is 0.594. The third-order valence-electron chi connectivity index (χ3n) is 5.65. The van der Waals surface area contributed by atoms with Crippen LogP contribution in [0.3, 0.4) is 0 Å². The van der Waals surface area contributed by atoms with E-state index < -0.39 is 10.0 Å². The van der Waals surface area contributed by atoms with Gasteiger partial charge in [-0.05, 0) is 55.3 Å². The molecule has 10 heteroatoms. The predicted molar refractivity (Wildman–Crippen MR) is 127 cm³/mol. The molecule has 9 nitrogen and oxygen atoms in total. The van der Waals surface area contributed by atoms with Crippen molar-refractivity contribution in [1.29, 1.82) is 0 Å². The Bertz CT molecular complexity index is 1320. The van der Waals surface area contributed by atoms with Gasteiger partial charge in [0, 0.05) is 24.8 Å². The van der Waals surface area contributed by atoms with Crippen molar-refractivity contribution in [1.82, 2.24) is 9.78 Å². The number of nitrogens with zero attached hydrogens (tertiary/aromatic N) is 3. The van der Waals surface area contributed by atoms with Crippen LogP contribution in [0.5, 0.6) is 11.5 Å². The highest BCUT2D eigenvalue weighted by atomic mass is 32.2. The molecule has 0 radical (unpaired) electrons. The van der Waals surface area contributed by atoms with Gasteiger partial charge in [0.05, 0.1) is 31.4 Å². The molecule has 3 aromatic rings. The number of benzene rings is 2. The molecule has 1 amide bonds. The molecule has 2 heterocycles. The van der Waals surface area contributed by atoms with Crippen LogP contribution in [-0.2, 0) is 17.1 Å². The van der Waals surface area contributed by atoms with Crippen LogP contribution in [0.4, 0.5) is 11.4 Å². The number of ether oxygens (including phenoxy) is 2. The molecule has 0 spiro atoms. The lowest BCUT2D eigenvalue weighted by Gasteiger charge is -2.19. The van der Waals surface area contributed by atoms with Crippen molar-refractivity contribution in [3.05, 3.63) is 53.7 Å². The van der Waals surface area contributed by atoms with Crippen LogP contribution in [0.2, 0.25) is 0 Å². The maximum atomic E-state index is 13.1. The van der Waals surface area contributed by atoms with E-state index in [1.54, 1.807) is 63.7 Å². The van der Waals surface area contributed by atoms with Crippen molar-refractivity contribution >= 4 is 27.3 Å². The van der Waals surface area contributed by atoms with E-state index in [4.69, 9.17) is 9.47 Å². The van der Waals surface area contributed by atoms with Crippen LogP contribution in [0.15, 0.2) is 42.5 Å². The second-order valence-electron chi connectivity index (χ2n) is 7.80. The number of carbonyl (C=O) groups excluding carboxylic acids is 1. The summed E-state index contributed by atoms with van der Waals surface area (Å²) in [5, 5.41) is 7.38. The first-order valence-electron chi connectivity index (χ1n) is 10.4. The molecule has 0 bridgehead atoms. The number of aryl methyl sites for hydroxylation is 2. The van der Waals surface area contributed by atoms with Crippen molar-refractivity contribution in [2.45, 2.75) is 13.3 Å². The van der Waals surface area contributed by atoms with Crippen molar-refractivity contribution in [2.24, 2.45) is 7.05 Å². The fourth-order valence-electron chi connectivity index (χ4n) is 3.84. The number of rotatable bonds is 6. The molecule has 1 aliphatic heterocycles. The SMILES string of the molecule is COc1ccc(OC)c(-c2cc(C(=O)Nc3cc(N4CCCS4(=O)=O)ccc3C)n(C)n2)c1. The lowest BCUT2D eigenvalue weighted by molar-refractivity contribution is 0.101. The topological polar surface area (TPSA) is 103 Å². The molecule has 0 saturated carbocycles. The van der Waals surface area contributed by atoms with E-state index in [0.29, 0.717) is 52.8 Å². The molecule has 4 rings (SSSR count). The van der Waals surface area contributed by atoms with Crippen LogP contribution in [-0.4, -0.2) is 50.6 Å². The third-order valence-corrected chi connectivity index (χ3v) is 7.52. The van der Waals surface area contributed by atoms with Crippen molar-refractivity contribution < 1.29 is 22.7 Å². The van der Waals surface area contributed by atoms with Gasteiger partial charge in [0.2, 0.25) is 10.0 Å². The Balaban J connectivity index is 1.63. The maximum Gasteiger partial charge on any atom is 0.273 e. The first-order valence-corrected chi connectivity index (χ1v) is 12.0. The van der Waals surface area contributed by atoms with Crippen LogP contribution in [0.25, 0.3) is 11.3 Å². The van der Waals surface area contributed by atoms with Gasteiger partial charge in [-0.2, -0.15) is 5.10 Å². The van der Waals surface area contributed by atoms with Crippen LogP contribution in [0.1, 0.15) is 22.5 Å². The number of hydrogen-bond donors (Lipinski definition) is 1. The summed E-state index contributed by atoms with van der Waals surface area (Å²) in [6.07, 6.45) is 0.587. The van der Waals surface area contributed by atoms with E-state index in [2.05, 4.69) is 10.4 Å². The van der Waals surface area contributed by atoms with Crippen molar-refractivity contribution in [2.75, 3.05) is 36.1 Å². The summed E-state index contributed by atoms with van der Waals surface area (Å²) < 4.78 is 38.2. The van der Waals surface area contributed by atoms with E-state index in [9.17, 15) is 13.2 Å². The Morgan fingerprint density at radius 2 is 1.88 bits per heavy atom. The molecule has 1 fully saturated rings. The molecular formula is C23H26N4O5S. The largest absolute Gasteiger partial charge is 0.497 e. The third kappa shape index (κ3) is 4.38. The number of methoxy groups -OCH3 is 2. The lowest BCUT2D eigenvalue weighted by Crippen LogP contribution is -2.25. The summed E-state index contributed by atoms with van der Waals surface area (Å²) in [6, 6.07) is 12.3. The maximum absolute atomic E-state index is 13.1. The highest BCUT2D eigenvalue weighted by Gasteiger charge is 2.29. The highest BCUT2D eigenvalue weighted by molar-refractivity contribution is 7.93. The van der Waals surface area contributed by atoms with Crippen molar-refractivity contribution in [3.8, 4) is 22.8 Å². The zero-order valence-electron chi connectivity index (χ0n) is 19.0. The molecule has 1 aromatic heterocycles. The van der Waals surface area contributed by atoms with Gasteiger partial charge in [0.25, 0.3) is 5.91 Å². The van der Waals surface area contributed by atoms with Gasteiger partial charge in [-0.3, -0.25) is 13.8 Å². The zero-order valence-corrected chi connectivity index (χ0v) is 19.8. The fourth-order valence-corrected chi connectivity index (χ4v) is 5.40. The number of amides is 1. The normalized spacial score (nSPS) is 14.8. The molecule has 1 N–H and O–H groups in total. The molecule has 0 unspecified atom stereocenters. The molecular weight excluding hydrogens is 444 g/mol. The standard InChI is InChI=1S/C23H26N4O5S/c1-15-6-7-16(27-10-5-11-33(27,29)30)12-19(15)24-23(28)21-14-20(25-26(21)2)18-13-17(31-3)8-9-22(18)32-4/h6-9,12-14H,5,10-11H2,1-4H3,(H,24,28). The van der Waals surface area contributed by atoms with Gasteiger partial charge in [0.15, 0.2) is 0 Å². The van der Waals surface area contributed by atoms with E-state index in [1.165, 1.54) is 8.99 Å². The fraction of sp³-hybridized carbons (Fsp3) is 0.304. The second-order valence-corrected chi connectivity index (χ2v) is 9.81. The lowest BCUT2D eigenvalue weighted by atomic mass is 10.1. The minimum Gasteiger partial charge on any atom is -0.497 e. The molecule has 1 aliphatic rings. The number of hydrogen-bond acceptors (Lipinski definition) is 6. The summed E-state index contributed by atoms with van der Waals surface area (Å²) >= 11 is 0. The van der Waals surface area contributed by atoms with E-state index >= 15 is 0 Å². The van der Waals surface area contributed by atoms with E-state index in [1.807, 2.05) is 6.92 Å². The minimum atomic E-state index is -3.31. The molecule has 0 aliphatic carbocycles. The molecule has 0 atom stereocenters. The Morgan fingerprint density at radius 1 is 1.09 bits per heavy atom. The molecule has 2 aromatic carbocycles. The van der Waals surface area contributed by atoms with Crippen LogP contribution in [0, 0.1) is 6.92 Å². The number of carbonyl (C=O) groups is 1. The number of aromatic nitrogens is 2. The number of sulfonamides is 1. The van der Waals surface area contributed by atoms with Crippen LogP contribution < -0.4 is 19.1 Å². The summed E-state index contributed by atoms with van der Waals surface area (Å²) in [6.45, 7) is 2.29. The number of nitrogens with one attached hydrogen (secondary N) is 1. The average molecular weight is 471 g/mol.